The Morgan fingerprint density at radius 1 is 0.474 bits per heavy atom. The maximum atomic E-state index is 12.3. The molecule has 1 N–H and O–H groups in total. The number of carboxylic acids is 1. The number of carbonyl (C=O) groups is 2. The summed E-state index contributed by atoms with van der Waals surface area (Å²) in [7, 11) is 0. The Morgan fingerprint density at radius 3 is 1.18 bits per heavy atom. The lowest BCUT2D eigenvalue weighted by molar-refractivity contribution is -0.151. The van der Waals surface area contributed by atoms with Crippen LogP contribution < -0.4 is 0 Å². The Balaban J connectivity index is 3.70. The van der Waals surface area contributed by atoms with Gasteiger partial charge in [0.1, 0.15) is 6.10 Å². The van der Waals surface area contributed by atoms with E-state index in [1.807, 2.05) is 0 Å². The second-order valence-electron chi connectivity index (χ2n) is 11.7. The van der Waals surface area contributed by atoms with Crippen molar-refractivity contribution in [2.75, 3.05) is 0 Å². The molecule has 0 aromatic heterocycles. The van der Waals surface area contributed by atoms with Crippen molar-refractivity contribution in [3.8, 4) is 0 Å². The van der Waals surface area contributed by atoms with Crippen LogP contribution in [0.2, 0.25) is 0 Å². The van der Waals surface area contributed by atoms with Crippen LogP contribution in [0.3, 0.4) is 0 Å². The zero-order chi connectivity index (χ0) is 27.9. The van der Waals surface area contributed by atoms with E-state index in [0.717, 1.165) is 32.1 Å². The Bertz CT molecular complexity index is 505. The molecule has 0 aliphatic carbocycles. The van der Waals surface area contributed by atoms with Crippen LogP contribution >= 0.6 is 0 Å². The molecule has 0 aromatic carbocycles. The number of carbonyl (C=O) groups excluding carboxylic acids is 1. The van der Waals surface area contributed by atoms with Gasteiger partial charge in [-0.1, -0.05) is 162 Å². The fourth-order valence-electron chi connectivity index (χ4n) is 5.29. The summed E-state index contributed by atoms with van der Waals surface area (Å²) in [6.45, 7) is 4.53. The summed E-state index contributed by atoms with van der Waals surface area (Å²) in [6, 6.07) is 0. The molecule has 0 rings (SSSR count). The smallest absolute Gasteiger partial charge is 0.306 e. The van der Waals surface area contributed by atoms with E-state index < -0.39 is 5.97 Å². The summed E-state index contributed by atoms with van der Waals surface area (Å²) < 4.78 is 5.70. The first kappa shape index (κ1) is 36.9. The highest BCUT2D eigenvalue weighted by atomic mass is 16.5. The van der Waals surface area contributed by atoms with Crippen molar-refractivity contribution in [1.29, 1.82) is 0 Å². The largest absolute Gasteiger partial charge is 0.481 e. The number of hydrogen-bond donors (Lipinski definition) is 1. The third-order valence-electron chi connectivity index (χ3n) is 7.84. The molecule has 1 atom stereocenters. The van der Waals surface area contributed by atoms with Crippen LogP contribution in [0, 0.1) is 0 Å². The Labute approximate surface area is 237 Å². The summed E-state index contributed by atoms with van der Waals surface area (Å²) in [5.74, 6) is -0.946. The average Bonchev–Trinajstić information content (AvgIpc) is 2.90. The number of rotatable bonds is 31. The van der Waals surface area contributed by atoms with Gasteiger partial charge in [-0.15, -0.1) is 0 Å². The van der Waals surface area contributed by atoms with Crippen LogP contribution in [0.5, 0.6) is 0 Å². The molecule has 0 saturated heterocycles. The van der Waals surface area contributed by atoms with Crippen LogP contribution in [-0.2, 0) is 14.3 Å². The van der Waals surface area contributed by atoms with Crippen molar-refractivity contribution in [3.05, 3.63) is 0 Å². The second kappa shape index (κ2) is 30.5. The number of esters is 1. The van der Waals surface area contributed by atoms with Crippen LogP contribution in [0.1, 0.15) is 200 Å². The molecule has 4 nitrogen and oxygen atoms in total. The molecule has 226 valence electrons. The predicted molar refractivity (Wildman–Crippen MR) is 163 cm³/mol. The Kier molecular flexibility index (Phi) is 29.6. The van der Waals surface area contributed by atoms with Gasteiger partial charge in [-0.05, 0) is 25.7 Å². The molecule has 0 aromatic rings. The van der Waals surface area contributed by atoms with Gasteiger partial charge in [0, 0.05) is 12.8 Å². The molecule has 38 heavy (non-hydrogen) atoms. The number of carboxylic acid groups (broad SMARTS) is 1. The number of ether oxygens (including phenoxy) is 1. The SMILES string of the molecule is CCCCCCCCCCCCCCCCCC(=O)OC(CCCCCCCCCCCC)CCC(=O)O. The minimum atomic E-state index is -0.809. The first-order valence-corrected chi connectivity index (χ1v) is 17.0. The first-order chi connectivity index (χ1) is 18.6. The van der Waals surface area contributed by atoms with Crippen LogP contribution in [0.25, 0.3) is 0 Å². The van der Waals surface area contributed by atoms with Gasteiger partial charge in [0.25, 0.3) is 0 Å². The zero-order valence-corrected chi connectivity index (χ0v) is 25.8. The monoisotopic (exact) mass is 538 g/mol. The summed E-state index contributed by atoms with van der Waals surface area (Å²) >= 11 is 0. The highest BCUT2D eigenvalue weighted by Crippen LogP contribution is 2.17. The fourth-order valence-corrected chi connectivity index (χ4v) is 5.29. The molecule has 0 spiro atoms. The van der Waals surface area contributed by atoms with Gasteiger partial charge in [-0.25, -0.2) is 0 Å². The van der Waals surface area contributed by atoms with Gasteiger partial charge < -0.3 is 9.84 Å². The molecule has 4 heteroatoms. The van der Waals surface area contributed by atoms with E-state index in [1.165, 1.54) is 135 Å². The summed E-state index contributed by atoms with van der Waals surface area (Å²) in [5.41, 5.74) is 0. The van der Waals surface area contributed by atoms with Gasteiger partial charge in [0.05, 0.1) is 0 Å². The first-order valence-electron chi connectivity index (χ1n) is 17.0. The minimum absolute atomic E-state index is 0.0780. The lowest BCUT2D eigenvalue weighted by atomic mass is 10.0. The fraction of sp³-hybridized carbons (Fsp3) is 0.941. The summed E-state index contributed by atoms with van der Waals surface area (Å²) in [6.07, 6.45) is 34.0. The molecule has 1 unspecified atom stereocenters. The molecule has 0 fully saturated rings. The Hall–Kier alpha value is -1.06. The van der Waals surface area contributed by atoms with E-state index in [0.29, 0.717) is 12.8 Å². The van der Waals surface area contributed by atoms with E-state index in [1.54, 1.807) is 0 Å². The lowest BCUT2D eigenvalue weighted by Gasteiger charge is -2.17. The van der Waals surface area contributed by atoms with Crippen molar-refractivity contribution in [1.82, 2.24) is 0 Å². The van der Waals surface area contributed by atoms with E-state index in [9.17, 15) is 9.59 Å². The molecule has 0 saturated carbocycles. The van der Waals surface area contributed by atoms with E-state index in [2.05, 4.69) is 13.8 Å². The molecule has 0 amide bonds. The number of aliphatic carboxylic acids is 1. The average molecular weight is 539 g/mol. The van der Waals surface area contributed by atoms with Crippen molar-refractivity contribution in [3.63, 3.8) is 0 Å². The molecule has 0 aliphatic heterocycles. The second-order valence-corrected chi connectivity index (χ2v) is 11.7. The molecule has 0 radical (unpaired) electrons. The Morgan fingerprint density at radius 2 is 0.816 bits per heavy atom. The third kappa shape index (κ3) is 29.5. The maximum Gasteiger partial charge on any atom is 0.306 e. The molecule has 0 heterocycles. The zero-order valence-electron chi connectivity index (χ0n) is 25.8. The van der Waals surface area contributed by atoms with Crippen molar-refractivity contribution in [2.24, 2.45) is 0 Å². The summed E-state index contributed by atoms with van der Waals surface area (Å²) in [5, 5.41) is 9.05. The summed E-state index contributed by atoms with van der Waals surface area (Å²) in [4.78, 5) is 23.4. The van der Waals surface area contributed by atoms with E-state index >= 15 is 0 Å². The van der Waals surface area contributed by atoms with Gasteiger partial charge in [-0.2, -0.15) is 0 Å². The van der Waals surface area contributed by atoms with Gasteiger partial charge in [0.2, 0.25) is 0 Å². The van der Waals surface area contributed by atoms with Crippen molar-refractivity contribution in [2.45, 2.75) is 206 Å². The highest BCUT2D eigenvalue weighted by Gasteiger charge is 2.15. The third-order valence-corrected chi connectivity index (χ3v) is 7.84. The van der Waals surface area contributed by atoms with E-state index in [-0.39, 0.29) is 18.5 Å². The van der Waals surface area contributed by atoms with Crippen molar-refractivity contribution < 1.29 is 19.4 Å². The van der Waals surface area contributed by atoms with E-state index in [4.69, 9.17) is 9.84 Å². The topological polar surface area (TPSA) is 63.6 Å². The molecular formula is C34H66O4. The van der Waals surface area contributed by atoms with Crippen molar-refractivity contribution >= 4 is 11.9 Å². The van der Waals surface area contributed by atoms with Crippen LogP contribution in [0.4, 0.5) is 0 Å². The molecule has 0 bridgehead atoms. The number of hydrogen-bond acceptors (Lipinski definition) is 3. The minimum Gasteiger partial charge on any atom is -0.481 e. The van der Waals surface area contributed by atoms with Gasteiger partial charge in [0.15, 0.2) is 0 Å². The normalized spacial score (nSPS) is 12.1. The van der Waals surface area contributed by atoms with Crippen LogP contribution in [0.15, 0.2) is 0 Å². The lowest BCUT2D eigenvalue weighted by Crippen LogP contribution is -2.19. The molecular weight excluding hydrogens is 472 g/mol. The maximum absolute atomic E-state index is 12.3. The quantitative estimate of drug-likeness (QED) is 0.0704. The van der Waals surface area contributed by atoms with Gasteiger partial charge in [-0.3, -0.25) is 9.59 Å². The number of unbranched alkanes of at least 4 members (excludes halogenated alkanes) is 23. The predicted octanol–water partition coefficient (Wildman–Crippen LogP) is 11.3. The molecule has 0 aliphatic rings. The van der Waals surface area contributed by atoms with Gasteiger partial charge >= 0.3 is 11.9 Å². The highest BCUT2D eigenvalue weighted by molar-refractivity contribution is 5.69. The standard InChI is InChI=1S/C34H66O4/c1-3-5-7-9-11-13-15-16-17-18-19-21-23-25-27-29-34(37)38-32(30-31-33(35)36)28-26-24-22-20-14-12-10-8-6-4-2/h32H,3-31H2,1-2H3,(H,35,36). The van der Waals surface area contributed by atoms with Crippen LogP contribution in [-0.4, -0.2) is 23.1 Å².